The number of aromatic nitrogens is 2. The third-order valence-corrected chi connectivity index (χ3v) is 7.48. The van der Waals surface area contributed by atoms with E-state index in [9.17, 15) is 14.2 Å². The molecule has 2 aliphatic heterocycles. The van der Waals surface area contributed by atoms with Crippen molar-refractivity contribution in [1.82, 2.24) is 9.55 Å². The van der Waals surface area contributed by atoms with Crippen LogP contribution in [0.4, 0.5) is 4.39 Å². The van der Waals surface area contributed by atoms with Gasteiger partial charge in [0, 0.05) is 17.8 Å². The summed E-state index contributed by atoms with van der Waals surface area (Å²) < 4.78 is 52.6. The molecule has 0 spiro atoms. The van der Waals surface area contributed by atoms with Gasteiger partial charge in [-0.25, -0.2) is 13.8 Å². The van der Waals surface area contributed by atoms with E-state index in [0.717, 1.165) is 5.56 Å². The van der Waals surface area contributed by atoms with Crippen LogP contribution < -0.4 is 15.8 Å². The third kappa shape index (κ3) is 6.42. The first-order valence-corrected chi connectivity index (χ1v) is 14.1. The number of H-pyrrole nitrogens is 1. The molecule has 0 aliphatic carbocycles. The quantitative estimate of drug-likeness (QED) is 0.495. The fraction of sp³-hybridized carbons (Fsp3) is 0.615. The summed E-state index contributed by atoms with van der Waals surface area (Å²) in [6, 6.07) is 3.02. The van der Waals surface area contributed by atoms with Crippen LogP contribution in [0.2, 0.25) is 0 Å². The molecule has 3 atom stereocenters. The lowest BCUT2D eigenvalue weighted by Gasteiger charge is -2.33. The van der Waals surface area contributed by atoms with Crippen molar-refractivity contribution in [2.45, 2.75) is 98.0 Å². The van der Waals surface area contributed by atoms with Gasteiger partial charge in [0.05, 0.1) is 24.9 Å². The molecule has 1 fully saturated rings. The number of hydrogen-bond donors (Lipinski definition) is 1. The van der Waals surface area contributed by atoms with Crippen molar-refractivity contribution in [3.63, 3.8) is 0 Å². The van der Waals surface area contributed by atoms with Crippen molar-refractivity contribution in [2.24, 2.45) is 0 Å². The molecule has 0 amide bonds. The minimum atomic E-state index is -4.04. The number of phosphoric acid groups is 1. The molecule has 9 nitrogen and oxygen atoms in total. The Hall–Kier alpha value is -2.26. The van der Waals surface area contributed by atoms with Crippen molar-refractivity contribution in [2.75, 3.05) is 6.61 Å². The number of phosphoric ester groups is 1. The molecule has 4 rings (SSSR count). The lowest BCUT2D eigenvalue weighted by Crippen LogP contribution is -2.31. The van der Waals surface area contributed by atoms with Crippen molar-refractivity contribution in [1.29, 1.82) is 0 Å². The zero-order valence-electron chi connectivity index (χ0n) is 22.8. The van der Waals surface area contributed by atoms with E-state index in [0.29, 0.717) is 18.4 Å². The maximum Gasteiger partial charge on any atom is 0.530 e. The fourth-order valence-electron chi connectivity index (χ4n) is 4.22. The number of nitrogens with one attached hydrogen (secondary N) is 1. The Bertz CT molecular complexity index is 1290. The monoisotopic (exact) mass is 540 g/mol. The van der Waals surface area contributed by atoms with E-state index in [1.54, 1.807) is 6.07 Å². The minimum Gasteiger partial charge on any atom is -0.403 e. The second-order valence-electron chi connectivity index (χ2n) is 11.0. The Balaban J connectivity index is 0.00000186. The molecule has 1 aromatic heterocycles. The predicted molar refractivity (Wildman–Crippen MR) is 139 cm³/mol. The van der Waals surface area contributed by atoms with Gasteiger partial charge in [0.2, 0.25) is 0 Å². The number of fused-ring (bicyclic) bond motifs is 1. The van der Waals surface area contributed by atoms with E-state index in [4.69, 9.17) is 18.3 Å². The van der Waals surface area contributed by atoms with Gasteiger partial charge in [-0.2, -0.15) is 0 Å². The summed E-state index contributed by atoms with van der Waals surface area (Å²) in [5.74, 6) is -0.234. The summed E-state index contributed by atoms with van der Waals surface area (Å²) in [5.41, 5.74) is -0.429. The van der Waals surface area contributed by atoms with E-state index in [1.807, 2.05) is 55.4 Å². The number of ether oxygens (including phenoxy) is 1. The van der Waals surface area contributed by atoms with Crippen LogP contribution in [0, 0.1) is 5.82 Å². The van der Waals surface area contributed by atoms with E-state index >= 15 is 4.39 Å². The van der Waals surface area contributed by atoms with E-state index in [-0.39, 0.29) is 24.5 Å². The van der Waals surface area contributed by atoms with Crippen LogP contribution in [0.15, 0.2) is 27.9 Å². The maximum atomic E-state index is 15.4. The van der Waals surface area contributed by atoms with Crippen LogP contribution in [-0.4, -0.2) is 22.3 Å². The average molecular weight is 541 g/mol. The average Bonchev–Trinajstić information content (AvgIpc) is 3.26. The van der Waals surface area contributed by atoms with Gasteiger partial charge in [0.1, 0.15) is 17.8 Å². The van der Waals surface area contributed by atoms with E-state index < -0.39 is 48.1 Å². The summed E-state index contributed by atoms with van der Waals surface area (Å²) in [6.45, 7) is 15.4. The molecule has 0 saturated carbocycles. The summed E-state index contributed by atoms with van der Waals surface area (Å²) in [4.78, 5) is 25.5. The van der Waals surface area contributed by atoms with Crippen LogP contribution in [0.1, 0.15) is 91.1 Å². The van der Waals surface area contributed by atoms with Crippen molar-refractivity contribution in [3.8, 4) is 5.75 Å². The number of benzene rings is 1. The molecule has 37 heavy (non-hydrogen) atoms. The van der Waals surface area contributed by atoms with Crippen LogP contribution in [0.5, 0.6) is 5.75 Å². The van der Waals surface area contributed by atoms with Gasteiger partial charge >= 0.3 is 13.5 Å². The molecular formula is C26H38FN2O7P. The number of nitrogens with zero attached hydrogens (tertiary/aromatic N) is 1. The third-order valence-electron chi connectivity index (χ3n) is 6.16. The molecule has 1 aromatic carbocycles. The van der Waals surface area contributed by atoms with Gasteiger partial charge in [-0.15, -0.1) is 0 Å². The van der Waals surface area contributed by atoms with Crippen LogP contribution in [-0.2, 0) is 35.8 Å². The first-order valence-electron chi connectivity index (χ1n) is 12.6. The molecule has 2 aliphatic rings. The van der Waals surface area contributed by atoms with Gasteiger partial charge < -0.3 is 9.26 Å². The second kappa shape index (κ2) is 10.8. The molecule has 3 unspecified atom stereocenters. The Labute approximate surface area is 216 Å². The lowest BCUT2D eigenvalue weighted by atomic mass is 9.78. The first-order chi connectivity index (χ1) is 17.2. The van der Waals surface area contributed by atoms with Crippen LogP contribution in [0.25, 0.3) is 0 Å². The van der Waals surface area contributed by atoms with E-state index in [2.05, 4.69) is 4.98 Å². The van der Waals surface area contributed by atoms with Gasteiger partial charge in [-0.3, -0.25) is 23.4 Å². The molecule has 1 N–H and O–H groups in total. The molecule has 1 saturated heterocycles. The maximum absolute atomic E-state index is 15.4. The predicted octanol–water partition coefficient (Wildman–Crippen LogP) is 5.71. The molecular weight excluding hydrogens is 502 g/mol. The molecule has 0 bridgehead atoms. The minimum absolute atomic E-state index is 0.103. The highest BCUT2D eigenvalue weighted by molar-refractivity contribution is 7.49. The smallest absolute Gasteiger partial charge is 0.403 e. The van der Waals surface area contributed by atoms with Crippen LogP contribution >= 0.6 is 7.82 Å². The summed E-state index contributed by atoms with van der Waals surface area (Å²) in [6.07, 6.45) is 1.35. The fourth-order valence-corrected chi connectivity index (χ4v) is 5.47. The Morgan fingerprint density at radius 1 is 1.11 bits per heavy atom. The van der Waals surface area contributed by atoms with Crippen molar-refractivity contribution >= 4 is 7.82 Å². The normalized spacial score (nSPS) is 23.6. The lowest BCUT2D eigenvalue weighted by molar-refractivity contribution is -0.0265. The number of aromatic amines is 1. The highest BCUT2D eigenvalue weighted by Gasteiger charge is 2.41. The summed E-state index contributed by atoms with van der Waals surface area (Å²) in [7, 11) is -4.04. The Kier molecular flexibility index (Phi) is 8.59. The Morgan fingerprint density at radius 2 is 1.76 bits per heavy atom. The zero-order chi connectivity index (χ0) is 27.8. The highest BCUT2D eigenvalue weighted by Crippen LogP contribution is 2.58. The largest absolute Gasteiger partial charge is 0.530 e. The first kappa shape index (κ1) is 29.3. The van der Waals surface area contributed by atoms with Crippen molar-refractivity contribution < 1.29 is 27.3 Å². The van der Waals surface area contributed by atoms with Gasteiger partial charge in [0.15, 0.2) is 0 Å². The molecule has 206 valence electrons. The topological polar surface area (TPSA) is 109 Å². The SMILES string of the molecule is CC.CC(C)(C)c1cc(C(C)(C)C)c2c(c1F)COP(=O)(OCC1CCC(n3ccc(=O)[nH]c3=O)O1)O2. The standard InChI is InChI=1S/C24H32FN2O7P.C2H6/c1-23(2,3)16-11-17(24(4,5)6)21-15(20(16)25)13-32-35(30,34-21)31-12-14-7-8-19(33-14)27-10-9-18(28)26-22(27)29;1-2/h9-11,14,19H,7-8,12-13H2,1-6H3,(H,26,28,29);1-2H3. The second-order valence-corrected chi connectivity index (χ2v) is 12.6. The number of halogens is 1. The molecule has 3 heterocycles. The van der Waals surface area contributed by atoms with Gasteiger partial charge in [0.25, 0.3) is 5.56 Å². The Morgan fingerprint density at radius 3 is 2.35 bits per heavy atom. The van der Waals surface area contributed by atoms with E-state index in [1.165, 1.54) is 16.8 Å². The van der Waals surface area contributed by atoms with Crippen LogP contribution in [0.3, 0.4) is 0 Å². The van der Waals surface area contributed by atoms with Crippen molar-refractivity contribution in [3.05, 3.63) is 61.7 Å². The number of hydrogen-bond acceptors (Lipinski definition) is 7. The summed E-state index contributed by atoms with van der Waals surface area (Å²) in [5, 5.41) is 0. The molecule has 11 heteroatoms. The van der Waals surface area contributed by atoms with Gasteiger partial charge in [-0.05, 0) is 35.3 Å². The zero-order valence-corrected chi connectivity index (χ0v) is 23.7. The highest BCUT2D eigenvalue weighted by atomic mass is 31.2. The van der Waals surface area contributed by atoms with Gasteiger partial charge in [-0.1, -0.05) is 55.4 Å². The summed E-state index contributed by atoms with van der Waals surface area (Å²) >= 11 is 0. The molecule has 0 radical (unpaired) electrons. The number of rotatable bonds is 4. The molecule has 2 aromatic rings.